The summed E-state index contributed by atoms with van der Waals surface area (Å²) in [5.74, 6) is 0. The van der Waals surface area contributed by atoms with E-state index < -0.39 is 42.9 Å². The van der Waals surface area contributed by atoms with Crippen molar-refractivity contribution < 1.29 is 29.5 Å². The van der Waals surface area contributed by atoms with Crippen molar-refractivity contribution in [2.24, 2.45) is 0 Å². The summed E-state index contributed by atoms with van der Waals surface area (Å²) in [5, 5.41) is 31.5. The van der Waals surface area contributed by atoms with Gasteiger partial charge in [-0.1, -0.05) is 60.1 Å². The quantitative estimate of drug-likeness (QED) is 0.737. The van der Waals surface area contributed by atoms with Crippen molar-refractivity contribution in [2.45, 2.75) is 36.3 Å². The SMILES string of the molecule is OCC(O)[C@H]1OC(c2ccccc2Cl)[C@]2(O)COC(c3ccccc3)O[C@@H]12. The van der Waals surface area contributed by atoms with Gasteiger partial charge in [0, 0.05) is 16.1 Å². The highest BCUT2D eigenvalue weighted by Gasteiger charge is 2.62. The van der Waals surface area contributed by atoms with Gasteiger partial charge < -0.3 is 29.5 Å². The smallest absolute Gasteiger partial charge is 0.184 e. The zero-order valence-corrected chi connectivity index (χ0v) is 15.2. The molecule has 144 valence electrons. The van der Waals surface area contributed by atoms with Gasteiger partial charge in [-0.15, -0.1) is 0 Å². The van der Waals surface area contributed by atoms with Crippen LogP contribution in [0.25, 0.3) is 0 Å². The van der Waals surface area contributed by atoms with Gasteiger partial charge in [0.1, 0.15) is 30.0 Å². The number of hydrogen-bond donors (Lipinski definition) is 3. The van der Waals surface area contributed by atoms with E-state index in [2.05, 4.69) is 0 Å². The van der Waals surface area contributed by atoms with Crippen molar-refractivity contribution in [3.05, 3.63) is 70.7 Å². The first-order valence-electron chi connectivity index (χ1n) is 8.78. The molecule has 2 fully saturated rings. The molecule has 0 spiro atoms. The second-order valence-corrected chi connectivity index (χ2v) is 7.26. The number of benzene rings is 2. The molecule has 0 radical (unpaired) electrons. The zero-order valence-electron chi connectivity index (χ0n) is 14.4. The molecule has 7 heteroatoms. The van der Waals surface area contributed by atoms with Crippen LogP contribution in [0, 0.1) is 0 Å². The fourth-order valence-corrected chi connectivity index (χ4v) is 3.96. The molecule has 2 aromatic rings. The lowest BCUT2D eigenvalue weighted by Crippen LogP contribution is -2.56. The third kappa shape index (κ3) is 3.28. The number of ether oxygens (including phenoxy) is 3. The molecule has 27 heavy (non-hydrogen) atoms. The minimum absolute atomic E-state index is 0.0677. The van der Waals surface area contributed by atoms with Crippen LogP contribution in [0.5, 0.6) is 0 Å². The molecule has 6 atom stereocenters. The lowest BCUT2D eigenvalue weighted by molar-refractivity contribution is -0.292. The van der Waals surface area contributed by atoms with Crippen molar-refractivity contribution in [3.8, 4) is 0 Å². The van der Waals surface area contributed by atoms with Crippen molar-refractivity contribution in [1.29, 1.82) is 0 Å². The highest BCUT2D eigenvalue weighted by Crippen LogP contribution is 2.50. The summed E-state index contributed by atoms with van der Waals surface area (Å²) in [6.07, 6.45) is -4.63. The molecule has 2 saturated heterocycles. The summed E-state index contributed by atoms with van der Waals surface area (Å²) in [6, 6.07) is 16.3. The molecule has 2 aliphatic heterocycles. The van der Waals surface area contributed by atoms with Crippen LogP contribution in [0.4, 0.5) is 0 Å². The van der Waals surface area contributed by atoms with E-state index in [1.54, 1.807) is 24.3 Å². The molecule has 2 aromatic carbocycles. The summed E-state index contributed by atoms with van der Waals surface area (Å²) >= 11 is 6.30. The van der Waals surface area contributed by atoms with Crippen LogP contribution >= 0.6 is 11.6 Å². The molecular formula is C20H21ClO6. The molecule has 3 N–H and O–H groups in total. The Bertz CT molecular complexity index is 787. The van der Waals surface area contributed by atoms with Gasteiger partial charge in [-0.25, -0.2) is 0 Å². The third-order valence-electron chi connectivity index (χ3n) is 5.10. The van der Waals surface area contributed by atoms with E-state index in [9.17, 15) is 15.3 Å². The van der Waals surface area contributed by atoms with E-state index >= 15 is 0 Å². The predicted molar refractivity (Wildman–Crippen MR) is 97.1 cm³/mol. The van der Waals surface area contributed by atoms with Gasteiger partial charge in [-0.2, -0.15) is 0 Å². The van der Waals surface area contributed by atoms with Crippen LogP contribution in [0.2, 0.25) is 5.02 Å². The Morgan fingerprint density at radius 1 is 1.07 bits per heavy atom. The maximum absolute atomic E-state index is 11.4. The highest BCUT2D eigenvalue weighted by molar-refractivity contribution is 6.31. The maximum atomic E-state index is 11.4. The number of rotatable bonds is 4. The van der Waals surface area contributed by atoms with Crippen molar-refractivity contribution >= 4 is 11.6 Å². The second kappa shape index (κ2) is 7.48. The second-order valence-electron chi connectivity index (χ2n) is 6.85. The van der Waals surface area contributed by atoms with Gasteiger partial charge in [0.05, 0.1) is 13.2 Å². The molecule has 3 unspecified atom stereocenters. The highest BCUT2D eigenvalue weighted by atomic mass is 35.5. The summed E-state index contributed by atoms with van der Waals surface area (Å²) < 4.78 is 17.8. The van der Waals surface area contributed by atoms with E-state index in [1.165, 1.54) is 0 Å². The molecule has 0 saturated carbocycles. The van der Waals surface area contributed by atoms with Crippen molar-refractivity contribution in [3.63, 3.8) is 0 Å². The van der Waals surface area contributed by atoms with E-state index in [1.807, 2.05) is 30.3 Å². The molecule has 0 aromatic heterocycles. The number of fused-ring (bicyclic) bond motifs is 1. The first kappa shape index (κ1) is 18.8. The van der Waals surface area contributed by atoms with Gasteiger partial charge in [-0.3, -0.25) is 0 Å². The van der Waals surface area contributed by atoms with Gasteiger partial charge in [0.15, 0.2) is 6.29 Å². The van der Waals surface area contributed by atoms with Crippen molar-refractivity contribution in [1.82, 2.24) is 0 Å². The fraction of sp³-hybridized carbons (Fsp3) is 0.400. The summed E-state index contributed by atoms with van der Waals surface area (Å²) in [6.45, 7) is -0.589. The van der Waals surface area contributed by atoms with Crippen LogP contribution in [-0.4, -0.2) is 52.4 Å². The zero-order chi connectivity index (χ0) is 19.0. The van der Waals surface area contributed by atoms with Gasteiger partial charge >= 0.3 is 0 Å². The average Bonchev–Trinajstić information content (AvgIpc) is 3.00. The molecule has 4 rings (SSSR count). The number of aliphatic hydroxyl groups is 3. The third-order valence-corrected chi connectivity index (χ3v) is 5.44. The van der Waals surface area contributed by atoms with Gasteiger partial charge in [0.25, 0.3) is 0 Å². The fourth-order valence-electron chi connectivity index (χ4n) is 3.73. The predicted octanol–water partition coefficient (Wildman–Crippen LogP) is 1.98. The summed E-state index contributed by atoms with van der Waals surface area (Å²) in [7, 11) is 0. The standard InChI is InChI=1S/C20H21ClO6/c21-14-9-5-4-8-13(14)17-20(24)11-25-19(12-6-2-1-3-7-12)27-18(20)16(26-17)15(23)10-22/h1-9,15-19,22-24H,10-11H2/t15?,16-,17?,18+,19?,20-/m1/s1. The molecule has 0 amide bonds. The summed E-state index contributed by atoms with van der Waals surface area (Å²) in [4.78, 5) is 0. The van der Waals surface area contributed by atoms with Crippen LogP contribution in [0.15, 0.2) is 54.6 Å². The van der Waals surface area contributed by atoms with Gasteiger partial charge in [-0.05, 0) is 6.07 Å². The van der Waals surface area contributed by atoms with E-state index in [0.717, 1.165) is 5.56 Å². The minimum Gasteiger partial charge on any atom is -0.394 e. The Hall–Kier alpha value is -1.51. The van der Waals surface area contributed by atoms with E-state index in [0.29, 0.717) is 10.6 Å². The molecule has 2 aliphatic rings. The summed E-state index contributed by atoms with van der Waals surface area (Å²) in [5.41, 5.74) is -0.195. The molecule has 0 aliphatic carbocycles. The lowest BCUT2D eigenvalue weighted by Gasteiger charge is -2.41. The average molecular weight is 393 g/mol. The molecule has 6 nitrogen and oxygen atoms in total. The van der Waals surface area contributed by atoms with Crippen LogP contribution in [-0.2, 0) is 14.2 Å². The van der Waals surface area contributed by atoms with Crippen LogP contribution in [0.3, 0.4) is 0 Å². The van der Waals surface area contributed by atoms with Crippen LogP contribution < -0.4 is 0 Å². The maximum Gasteiger partial charge on any atom is 0.184 e. The Labute approximate surface area is 161 Å². The first-order chi connectivity index (χ1) is 13.0. The number of aliphatic hydroxyl groups excluding tert-OH is 2. The topological polar surface area (TPSA) is 88.4 Å². The van der Waals surface area contributed by atoms with Crippen molar-refractivity contribution in [2.75, 3.05) is 13.2 Å². The Balaban J connectivity index is 1.69. The molecular weight excluding hydrogens is 372 g/mol. The Morgan fingerprint density at radius 2 is 1.78 bits per heavy atom. The lowest BCUT2D eigenvalue weighted by atomic mass is 9.85. The largest absolute Gasteiger partial charge is 0.394 e. The molecule has 2 heterocycles. The monoisotopic (exact) mass is 392 g/mol. The minimum atomic E-state index is -1.56. The van der Waals surface area contributed by atoms with E-state index in [-0.39, 0.29) is 6.61 Å². The molecule has 0 bridgehead atoms. The first-order valence-corrected chi connectivity index (χ1v) is 9.15. The van der Waals surface area contributed by atoms with E-state index in [4.69, 9.17) is 25.8 Å². The normalized spacial score (nSPS) is 34.2. The van der Waals surface area contributed by atoms with Crippen LogP contribution in [0.1, 0.15) is 23.5 Å². The van der Waals surface area contributed by atoms with Gasteiger partial charge in [0.2, 0.25) is 0 Å². The number of hydrogen-bond acceptors (Lipinski definition) is 6. The Kier molecular flexibility index (Phi) is 5.22. The number of halogens is 1. The Morgan fingerprint density at radius 3 is 2.48 bits per heavy atom.